The van der Waals surface area contributed by atoms with Crippen molar-refractivity contribution in [1.29, 1.82) is 0 Å². The first-order valence-corrected chi connectivity index (χ1v) is 12.2. The van der Waals surface area contributed by atoms with E-state index in [0.29, 0.717) is 15.5 Å². The molecule has 5 rings (SSSR count). The van der Waals surface area contributed by atoms with Crippen molar-refractivity contribution < 1.29 is 31.9 Å². The fraction of sp³-hybridized carbons (Fsp3) is 0.217. The number of thioether (sulfide) groups is 1. The molecule has 0 saturated carbocycles. The molecular formula is C23H15F4N3O4S2. The maximum absolute atomic E-state index is 13.5. The van der Waals surface area contributed by atoms with Crippen LogP contribution in [0.4, 0.5) is 23.2 Å². The molecule has 2 N–H and O–H groups in total. The molecule has 3 heterocycles. The number of rotatable bonds is 4. The number of amides is 3. The molecule has 3 aromatic rings. The van der Waals surface area contributed by atoms with E-state index in [9.17, 15) is 36.7 Å². The van der Waals surface area contributed by atoms with Crippen molar-refractivity contribution in [3.8, 4) is 0 Å². The van der Waals surface area contributed by atoms with Crippen LogP contribution >= 0.6 is 23.1 Å². The van der Waals surface area contributed by atoms with Crippen molar-refractivity contribution in [2.75, 3.05) is 5.32 Å². The van der Waals surface area contributed by atoms with E-state index in [-0.39, 0.29) is 5.69 Å². The zero-order valence-electron chi connectivity index (χ0n) is 18.0. The topological polar surface area (TPSA) is 97.3 Å². The molecule has 0 aliphatic carbocycles. The summed E-state index contributed by atoms with van der Waals surface area (Å²) in [4.78, 5) is 50.6. The molecule has 1 fully saturated rings. The van der Waals surface area contributed by atoms with Gasteiger partial charge in [-0.25, -0.2) is 4.39 Å². The number of halogens is 4. The summed E-state index contributed by atoms with van der Waals surface area (Å²) >= 11 is 1.78. The third-order valence-electron chi connectivity index (χ3n) is 5.89. The molecule has 36 heavy (non-hydrogen) atoms. The molecule has 186 valence electrons. The van der Waals surface area contributed by atoms with Gasteiger partial charge in [0, 0.05) is 16.5 Å². The van der Waals surface area contributed by atoms with Crippen LogP contribution in [0.2, 0.25) is 0 Å². The molecule has 0 unspecified atom stereocenters. The van der Waals surface area contributed by atoms with E-state index in [0.717, 1.165) is 45.9 Å². The van der Waals surface area contributed by atoms with E-state index in [1.807, 2.05) is 0 Å². The molecule has 2 aliphatic heterocycles. The average molecular weight is 538 g/mol. The second kappa shape index (κ2) is 8.89. The second-order valence-corrected chi connectivity index (χ2v) is 10.3. The number of benzene rings is 2. The number of imide groups is 1. The van der Waals surface area contributed by atoms with E-state index in [4.69, 9.17) is 0 Å². The molecule has 2 aliphatic rings. The minimum atomic E-state index is -4.59. The number of alkyl halides is 3. The van der Waals surface area contributed by atoms with Crippen molar-refractivity contribution in [2.45, 2.75) is 28.9 Å². The van der Waals surface area contributed by atoms with Gasteiger partial charge in [0.1, 0.15) is 17.6 Å². The van der Waals surface area contributed by atoms with Gasteiger partial charge < -0.3 is 5.32 Å². The van der Waals surface area contributed by atoms with Gasteiger partial charge >= 0.3 is 11.0 Å². The Labute approximate surface area is 208 Å². The van der Waals surface area contributed by atoms with E-state index in [1.54, 1.807) is 0 Å². The number of carbonyl (C=O) groups is 3. The Bertz CT molecular complexity index is 1450. The number of carbonyl (C=O) groups excluding carboxylic acids is 3. The van der Waals surface area contributed by atoms with E-state index in [2.05, 4.69) is 10.6 Å². The van der Waals surface area contributed by atoms with Crippen LogP contribution in [0.5, 0.6) is 0 Å². The van der Waals surface area contributed by atoms with E-state index >= 15 is 0 Å². The fourth-order valence-electron chi connectivity index (χ4n) is 4.32. The van der Waals surface area contributed by atoms with Gasteiger partial charge in [-0.15, -0.1) is 0 Å². The monoisotopic (exact) mass is 537 g/mol. The predicted molar refractivity (Wildman–Crippen MR) is 123 cm³/mol. The molecule has 0 radical (unpaired) electrons. The number of hydrogen-bond acceptors (Lipinski definition) is 6. The number of nitrogens with zero attached hydrogens (tertiary/aromatic N) is 1. The highest BCUT2D eigenvalue weighted by Gasteiger charge is 2.52. The van der Waals surface area contributed by atoms with Crippen LogP contribution in [0.3, 0.4) is 0 Å². The summed E-state index contributed by atoms with van der Waals surface area (Å²) in [6.07, 6.45) is -4.59. The molecule has 0 spiro atoms. The molecule has 7 nitrogen and oxygen atoms in total. The minimum absolute atomic E-state index is 0.0929. The van der Waals surface area contributed by atoms with Crippen LogP contribution in [0, 0.1) is 11.7 Å². The van der Waals surface area contributed by atoms with Crippen molar-refractivity contribution in [3.63, 3.8) is 0 Å². The first-order valence-electron chi connectivity index (χ1n) is 10.5. The maximum Gasteiger partial charge on any atom is 0.416 e. The van der Waals surface area contributed by atoms with Crippen molar-refractivity contribution >= 4 is 46.5 Å². The Balaban J connectivity index is 1.49. The summed E-state index contributed by atoms with van der Waals surface area (Å²) < 4.78 is 53.6. The van der Waals surface area contributed by atoms with Crippen LogP contribution in [-0.4, -0.2) is 27.5 Å². The van der Waals surface area contributed by atoms with Crippen molar-refractivity contribution in [3.05, 3.63) is 80.0 Å². The number of anilines is 1. The van der Waals surface area contributed by atoms with Gasteiger partial charge in [0.25, 0.3) is 0 Å². The summed E-state index contributed by atoms with van der Waals surface area (Å²) in [7, 11) is 0. The summed E-state index contributed by atoms with van der Waals surface area (Å²) in [6.45, 7) is -0.517. The fourth-order valence-corrected chi connectivity index (χ4v) is 7.06. The van der Waals surface area contributed by atoms with Gasteiger partial charge in [-0.2, -0.15) is 13.2 Å². The summed E-state index contributed by atoms with van der Waals surface area (Å²) in [5.41, 5.74) is -0.504. The molecule has 2 aromatic carbocycles. The van der Waals surface area contributed by atoms with E-state index < -0.39 is 63.8 Å². The quantitative estimate of drug-likeness (QED) is 0.392. The summed E-state index contributed by atoms with van der Waals surface area (Å²) in [5, 5.41) is 4.09. The first kappa shape index (κ1) is 24.3. The molecule has 1 aromatic heterocycles. The van der Waals surface area contributed by atoms with Crippen molar-refractivity contribution in [2.24, 2.45) is 5.92 Å². The van der Waals surface area contributed by atoms with Gasteiger partial charge in [0.2, 0.25) is 17.7 Å². The number of fused-ring (bicyclic) bond motifs is 2. The third-order valence-corrected chi connectivity index (χ3v) is 8.51. The number of aromatic nitrogens is 1. The lowest BCUT2D eigenvalue weighted by Gasteiger charge is -2.30. The zero-order valence-corrected chi connectivity index (χ0v) is 19.6. The lowest BCUT2D eigenvalue weighted by Crippen LogP contribution is -2.32. The Kier molecular flexibility index (Phi) is 5.99. The molecular weight excluding hydrogens is 522 g/mol. The second-order valence-electron chi connectivity index (χ2n) is 8.20. The molecule has 3 atom stereocenters. The molecule has 13 heteroatoms. The highest BCUT2D eigenvalue weighted by molar-refractivity contribution is 8.00. The Morgan fingerprint density at radius 1 is 1.06 bits per heavy atom. The minimum Gasteiger partial charge on any atom is -0.325 e. The Hall–Kier alpha value is -3.45. The van der Waals surface area contributed by atoms with Gasteiger partial charge in [0.15, 0.2) is 0 Å². The SMILES string of the molecule is O=C(Cn1c2c(sc1=O)[C@@H](c1ccc(F)cc1)[C@H]1C(=O)NC(=O)[C@H]1S2)Nc1cccc(C(F)(F)F)c1. The first-order chi connectivity index (χ1) is 17.0. The lowest BCUT2D eigenvalue weighted by atomic mass is 9.83. The van der Waals surface area contributed by atoms with Gasteiger partial charge in [0.05, 0.1) is 16.5 Å². The summed E-state index contributed by atoms with van der Waals surface area (Å²) in [5.74, 6) is -3.83. The highest BCUT2D eigenvalue weighted by Crippen LogP contribution is 2.51. The highest BCUT2D eigenvalue weighted by atomic mass is 32.2. The van der Waals surface area contributed by atoms with Crippen LogP contribution in [0.25, 0.3) is 0 Å². The van der Waals surface area contributed by atoms with E-state index in [1.165, 1.54) is 30.3 Å². The van der Waals surface area contributed by atoms with Gasteiger partial charge in [-0.05, 0) is 35.9 Å². The Morgan fingerprint density at radius 2 is 1.78 bits per heavy atom. The normalized spacial score (nSPS) is 21.1. The number of hydrogen-bond donors (Lipinski definition) is 2. The largest absolute Gasteiger partial charge is 0.416 e. The zero-order chi connectivity index (χ0) is 25.8. The van der Waals surface area contributed by atoms with Crippen LogP contribution < -0.4 is 15.5 Å². The van der Waals surface area contributed by atoms with Crippen LogP contribution in [0.15, 0.2) is 58.4 Å². The smallest absolute Gasteiger partial charge is 0.325 e. The number of thiazole rings is 1. The molecule has 3 amide bonds. The Morgan fingerprint density at radius 3 is 2.47 bits per heavy atom. The van der Waals surface area contributed by atoms with Crippen molar-refractivity contribution in [1.82, 2.24) is 9.88 Å². The maximum atomic E-state index is 13.5. The lowest BCUT2D eigenvalue weighted by molar-refractivity contribution is -0.137. The van der Waals surface area contributed by atoms with Crippen LogP contribution in [-0.2, 0) is 27.1 Å². The predicted octanol–water partition coefficient (Wildman–Crippen LogP) is 3.59. The average Bonchev–Trinajstić information content (AvgIpc) is 3.27. The van der Waals surface area contributed by atoms with Crippen LogP contribution in [0.1, 0.15) is 21.9 Å². The number of nitrogens with one attached hydrogen (secondary N) is 2. The molecule has 0 bridgehead atoms. The van der Waals surface area contributed by atoms with Gasteiger partial charge in [-0.3, -0.25) is 29.1 Å². The molecule has 1 saturated heterocycles. The third kappa shape index (κ3) is 4.32. The summed E-state index contributed by atoms with van der Waals surface area (Å²) in [6, 6.07) is 9.45. The standard InChI is InChI=1S/C23H15F4N3O4S2/c24-12-6-4-10(5-7-12)15-16-17(20(33)29-19(16)32)35-21-18(15)36-22(34)30(21)9-14(31)28-13-3-1-2-11(8-13)23(25,26)27/h1-8,15-17H,9H2,(H,28,31)(H,29,32,33)/t15-,16+,17-/m0/s1. The van der Waals surface area contributed by atoms with Gasteiger partial charge in [-0.1, -0.05) is 41.3 Å².